The predicted molar refractivity (Wildman–Crippen MR) is 133 cm³/mol. The molecule has 1 saturated heterocycles. The van der Waals surface area contributed by atoms with Gasteiger partial charge < -0.3 is 19.1 Å². The predicted octanol–water partition coefficient (Wildman–Crippen LogP) is 3.95. The number of imidazole rings is 1. The highest BCUT2D eigenvalue weighted by molar-refractivity contribution is 5.94. The second-order valence-corrected chi connectivity index (χ2v) is 8.60. The van der Waals surface area contributed by atoms with Crippen molar-refractivity contribution in [1.82, 2.24) is 24.9 Å². The van der Waals surface area contributed by atoms with Crippen LogP contribution in [0.5, 0.6) is 0 Å². The zero-order valence-corrected chi connectivity index (χ0v) is 19.8. The van der Waals surface area contributed by atoms with Crippen LogP contribution in [0.2, 0.25) is 0 Å². The highest BCUT2D eigenvalue weighted by Crippen LogP contribution is 2.33. The van der Waals surface area contributed by atoms with Gasteiger partial charge in [-0.1, -0.05) is 35.5 Å². The van der Waals surface area contributed by atoms with E-state index in [0.29, 0.717) is 12.1 Å². The van der Waals surface area contributed by atoms with Crippen LogP contribution < -0.4 is 5.32 Å². The van der Waals surface area contributed by atoms with Crippen LogP contribution in [0.1, 0.15) is 22.5 Å². The number of morpholine rings is 1. The van der Waals surface area contributed by atoms with Crippen molar-refractivity contribution in [3.8, 4) is 28.2 Å². The smallest absolute Gasteiger partial charge is 0.251 e. The van der Waals surface area contributed by atoms with Crippen molar-refractivity contribution >= 4 is 5.91 Å². The summed E-state index contributed by atoms with van der Waals surface area (Å²) >= 11 is 0. The molecule has 0 atom stereocenters. The SMILES string of the molecule is Cc1onc(-c2ccccc2)c1-c1cn(-c2ccc(C(=O)NCCCN3CCOCC3)cc2)cn1. The summed E-state index contributed by atoms with van der Waals surface area (Å²) in [5.41, 5.74) is 4.97. The third-order valence-corrected chi connectivity index (χ3v) is 6.22. The molecular formula is C27H29N5O3. The Morgan fingerprint density at radius 1 is 1.06 bits per heavy atom. The molecular weight excluding hydrogens is 442 g/mol. The molecule has 0 aliphatic carbocycles. The molecule has 0 unspecified atom stereocenters. The first kappa shape index (κ1) is 23.0. The minimum atomic E-state index is -0.0579. The number of carbonyl (C=O) groups excluding carboxylic acids is 1. The van der Waals surface area contributed by atoms with Crippen molar-refractivity contribution < 1.29 is 14.1 Å². The first-order chi connectivity index (χ1) is 17.2. The molecule has 0 bridgehead atoms. The molecule has 180 valence electrons. The fourth-order valence-electron chi connectivity index (χ4n) is 4.28. The van der Waals surface area contributed by atoms with E-state index in [1.165, 1.54) is 0 Å². The molecule has 2 aromatic carbocycles. The minimum absolute atomic E-state index is 0.0579. The van der Waals surface area contributed by atoms with Crippen LogP contribution in [0.4, 0.5) is 0 Å². The molecule has 4 aromatic rings. The van der Waals surface area contributed by atoms with Gasteiger partial charge in [-0.2, -0.15) is 0 Å². The number of nitrogens with zero attached hydrogens (tertiary/aromatic N) is 4. The standard InChI is InChI=1S/C27H29N5O3/c1-20-25(26(30-35-20)21-6-3-2-4-7-21)24-18-32(19-29-24)23-10-8-22(9-11-23)27(33)28-12-5-13-31-14-16-34-17-15-31/h2-4,6-11,18-19H,5,12-17H2,1H3,(H,28,33). The number of benzene rings is 2. The molecule has 1 aliphatic rings. The molecule has 35 heavy (non-hydrogen) atoms. The summed E-state index contributed by atoms with van der Waals surface area (Å²) in [7, 11) is 0. The Balaban J connectivity index is 1.22. The van der Waals surface area contributed by atoms with Crippen molar-refractivity contribution in [2.24, 2.45) is 0 Å². The van der Waals surface area contributed by atoms with Crippen molar-refractivity contribution in [2.45, 2.75) is 13.3 Å². The van der Waals surface area contributed by atoms with Gasteiger partial charge in [-0.25, -0.2) is 4.98 Å². The van der Waals surface area contributed by atoms with Gasteiger partial charge in [0.1, 0.15) is 11.5 Å². The van der Waals surface area contributed by atoms with Crippen LogP contribution >= 0.6 is 0 Å². The van der Waals surface area contributed by atoms with Crippen molar-refractivity contribution in [3.63, 3.8) is 0 Å². The van der Waals surface area contributed by atoms with E-state index >= 15 is 0 Å². The van der Waals surface area contributed by atoms with Crippen LogP contribution in [-0.2, 0) is 4.74 Å². The molecule has 0 radical (unpaired) electrons. The van der Waals surface area contributed by atoms with Crippen LogP contribution in [0, 0.1) is 6.92 Å². The van der Waals surface area contributed by atoms with Crippen LogP contribution in [0.15, 0.2) is 71.6 Å². The summed E-state index contributed by atoms with van der Waals surface area (Å²) in [4.78, 5) is 19.5. The maximum Gasteiger partial charge on any atom is 0.251 e. The van der Waals surface area contributed by atoms with E-state index in [9.17, 15) is 4.79 Å². The van der Waals surface area contributed by atoms with E-state index in [4.69, 9.17) is 9.26 Å². The van der Waals surface area contributed by atoms with E-state index in [1.807, 2.05) is 72.3 Å². The fraction of sp³-hybridized carbons (Fsp3) is 0.296. The molecule has 8 heteroatoms. The lowest BCUT2D eigenvalue weighted by Crippen LogP contribution is -2.38. The quantitative estimate of drug-likeness (QED) is 0.392. The highest BCUT2D eigenvalue weighted by atomic mass is 16.5. The number of rotatable bonds is 8. The average molecular weight is 472 g/mol. The summed E-state index contributed by atoms with van der Waals surface area (Å²) < 4.78 is 12.8. The Labute approximate surface area is 204 Å². The molecule has 2 aromatic heterocycles. The maximum atomic E-state index is 12.5. The largest absolute Gasteiger partial charge is 0.379 e. The molecule has 5 rings (SSSR count). The Bertz CT molecular complexity index is 1260. The van der Waals surface area contributed by atoms with Gasteiger partial charge in [0.15, 0.2) is 0 Å². The third kappa shape index (κ3) is 5.34. The van der Waals surface area contributed by atoms with E-state index < -0.39 is 0 Å². The number of nitrogens with one attached hydrogen (secondary N) is 1. The number of amides is 1. The molecule has 1 amide bonds. The van der Waals surface area contributed by atoms with Gasteiger partial charge in [-0.15, -0.1) is 0 Å². The van der Waals surface area contributed by atoms with E-state index in [2.05, 4.69) is 20.4 Å². The number of aryl methyl sites for hydroxylation is 1. The van der Waals surface area contributed by atoms with Crippen LogP contribution in [-0.4, -0.2) is 64.9 Å². The molecule has 1 N–H and O–H groups in total. The lowest BCUT2D eigenvalue weighted by molar-refractivity contribution is 0.0374. The number of carbonyl (C=O) groups is 1. The summed E-state index contributed by atoms with van der Waals surface area (Å²) in [5.74, 6) is 0.659. The van der Waals surface area contributed by atoms with Crippen molar-refractivity contribution in [2.75, 3.05) is 39.4 Å². The van der Waals surface area contributed by atoms with Gasteiger partial charge in [0.2, 0.25) is 0 Å². The molecule has 0 saturated carbocycles. The van der Waals surface area contributed by atoms with Gasteiger partial charge in [0.25, 0.3) is 5.91 Å². The minimum Gasteiger partial charge on any atom is -0.379 e. The molecule has 0 spiro atoms. The third-order valence-electron chi connectivity index (χ3n) is 6.22. The molecule has 8 nitrogen and oxygen atoms in total. The first-order valence-corrected chi connectivity index (χ1v) is 11.9. The number of hydrogen-bond acceptors (Lipinski definition) is 6. The second-order valence-electron chi connectivity index (χ2n) is 8.60. The summed E-state index contributed by atoms with van der Waals surface area (Å²) in [6.07, 6.45) is 4.64. The Hall–Kier alpha value is -3.75. The lowest BCUT2D eigenvalue weighted by atomic mass is 10.0. The molecule has 1 fully saturated rings. The van der Waals surface area contributed by atoms with Gasteiger partial charge in [-0.05, 0) is 44.2 Å². The number of ether oxygens (including phenoxy) is 1. The van der Waals surface area contributed by atoms with Gasteiger partial charge in [0.05, 0.1) is 30.8 Å². The number of aromatic nitrogens is 3. The van der Waals surface area contributed by atoms with Gasteiger partial charge in [0, 0.05) is 42.6 Å². The topological polar surface area (TPSA) is 85.4 Å². The Kier molecular flexibility index (Phi) is 7.02. The highest BCUT2D eigenvalue weighted by Gasteiger charge is 2.19. The maximum absolute atomic E-state index is 12.5. The lowest BCUT2D eigenvalue weighted by Gasteiger charge is -2.26. The van der Waals surface area contributed by atoms with E-state index in [0.717, 1.165) is 73.2 Å². The monoisotopic (exact) mass is 471 g/mol. The summed E-state index contributed by atoms with van der Waals surface area (Å²) in [5, 5.41) is 7.27. The second kappa shape index (κ2) is 10.7. The van der Waals surface area contributed by atoms with E-state index in [-0.39, 0.29) is 5.91 Å². The summed E-state index contributed by atoms with van der Waals surface area (Å²) in [6.45, 7) is 7.05. The molecule has 3 heterocycles. The van der Waals surface area contributed by atoms with E-state index in [1.54, 1.807) is 6.33 Å². The molecule has 1 aliphatic heterocycles. The number of hydrogen-bond donors (Lipinski definition) is 1. The van der Waals surface area contributed by atoms with Crippen molar-refractivity contribution in [3.05, 3.63) is 78.4 Å². The average Bonchev–Trinajstić information content (AvgIpc) is 3.54. The van der Waals surface area contributed by atoms with Crippen LogP contribution in [0.25, 0.3) is 28.2 Å². The zero-order chi connectivity index (χ0) is 24.0. The normalized spacial score (nSPS) is 14.2. The Morgan fingerprint density at radius 3 is 2.60 bits per heavy atom. The van der Waals surface area contributed by atoms with Crippen LogP contribution in [0.3, 0.4) is 0 Å². The van der Waals surface area contributed by atoms with Crippen molar-refractivity contribution in [1.29, 1.82) is 0 Å². The zero-order valence-electron chi connectivity index (χ0n) is 19.8. The first-order valence-electron chi connectivity index (χ1n) is 11.9. The summed E-state index contributed by atoms with van der Waals surface area (Å²) in [6, 6.07) is 17.5. The Morgan fingerprint density at radius 2 is 1.83 bits per heavy atom. The fourth-order valence-corrected chi connectivity index (χ4v) is 4.28. The van der Waals surface area contributed by atoms with Gasteiger partial charge >= 0.3 is 0 Å². The van der Waals surface area contributed by atoms with Gasteiger partial charge in [-0.3, -0.25) is 9.69 Å².